The van der Waals surface area contributed by atoms with Crippen molar-refractivity contribution < 1.29 is 9.53 Å². The van der Waals surface area contributed by atoms with Gasteiger partial charge in [0, 0.05) is 11.4 Å². The third kappa shape index (κ3) is 2.11. The Morgan fingerprint density at radius 3 is 2.82 bits per heavy atom. The molecule has 0 bridgehead atoms. The molecular weight excluding hydrogens is 232 g/mol. The molecule has 0 saturated heterocycles. The minimum absolute atomic E-state index is 0.696. The number of fused-ring (bicyclic) bond motifs is 1. The topological polar surface area (TPSA) is 26.3 Å². The zero-order valence-electron chi connectivity index (χ0n) is 9.31. The number of thiophene rings is 1. The Bertz CT molecular complexity index is 557. The molecule has 1 aromatic heterocycles. The van der Waals surface area contributed by atoms with Crippen molar-refractivity contribution in [2.75, 3.05) is 0 Å². The molecule has 1 heterocycles. The van der Waals surface area contributed by atoms with Crippen molar-refractivity contribution in [1.82, 2.24) is 0 Å². The smallest absolute Gasteiger partial charge is 0.160 e. The molecular formula is C14H12O2S. The van der Waals surface area contributed by atoms with Gasteiger partial charge in [0.15, 0.2) is 6.29 Å². The van der Waals surface area contributed by atoms with Crippen LogP contribution in [0.4, 0.5) is 0 Å². The van der Waals surface area contributed by atoms with Gasteiger partial charge >= 0.3 is 0 Å². The third-order valence-corrected chi connectivity index (χ3v) is 3.85. The van der Waals surface area contributed by atoms with Gasteiger partial charge in [-0.1, -0.05) is 6.07 Å². The number of ether oxygens (including phenoxy) is 1. The van der Waals surface area contributed by atoms with E-state index in [0.717, 1.165) is 24.2 Å². The summed E-state index contributed by atoms with van der Waals surface area (Å²) in [6, 6.07) is 8.03. The van der Waals surface area contributed by atoms with E-state index in [1.54, 1.807) is 6.07 Å². The van der Waals surface area contributed by atoms with Crippen LogP contribution >= 0.6 is 11.3 Å². The number of aldehydes is 1. The number of aryl methyl sites for hydroxylation is 2. The van der Waals surface area contributed by atoms with Crippen molar-refractivity contribution >= 4 is 17.6 Å². The van der Waals surface area contributed by atoms with Gasteiger partial charge in [-0.3, -0.25) is 4.79 Å². The van der Waals surface area contributed by atoms with Gasteiger partial charge in [0.25, 0.3) is 0 Å². The van der Waals surface area contributed by atoms with Gasteiger partial charge in [-0.2, -0.15) is 0 Å². The van der Waals surface area contributed by atoms with Gasteiger partial charge in [0.05, 0.1) is 4.88 Å². The fraction of sp³-hybridized carbons (Fsp3) is 0.214. The molecule has 0 unspecified atom stereocenters. The Hall–Kier alpha value is -1.61. The highest BCUT2D eigenvalue weighted by atomic mass is 32.1. The number of hydrogen-bond acceptors (Lipinski definition) is 3. The van der Waals surface area contributed by atoms with E-state index in [2.05, 4.69) is 12.1 Å². The first-order valence-corrected chi connectivity index (χ1v) is 6.56. The van der Waals surface area contributed by atoms with Gasteiger partial charge in [-0.25, -0.2) is 0 Å². The first kappa shape index (κ1) is 10.5. The highest BCUT2D eigenvalue weighted by Gasteiger charge is 2.11. The first-order chi connectivity index (χ1) is 8.35. The summed E-state index contributed by atoms with van der Waals surface area (Å²) in [4.78, 5) is 11.3. The summed E-state index contributed by atoms with van der Waals surface area (Å²) in [7, 11) is 0. The van der Waals surface area contributed by atoms with Crippen molar-refractivity contribution in [3.05, 3.63) is 45.6 Å². The molecule has 2 nitrogen and oxygen atoms in total. The second-order valence-corrected chi connectivity index (χ2v) is 5.13. The Morgan fingerprint density at radius 1 is 1.12 bits per heavy atom. The van der Waals surface area contributed by atoms with E-state index in [9.17, 15) is 4.79 Å². The van der Waals surface area contributed by atoms with E-state index >= 15 is 0 Å². The molecule has 1 aromatic carbocycles. The normalized spacial score (nSPS) is 13.4. The summed E-state index contributed by atoms with van der Waals surface area (Å²) in [5.41, 5.74) is 2.84. The molecule has 0 saturated carbocycles. The zero-order chi connectivity index (χ0) is 11.7. The van der Waals surface area contributed by atoms with E-state index in [1.165, 1.54) is 35.3 Å². The van der Waals surface area contributed by atoms with E-state index in [1.807, 2.05) is 11.4 Å². The number of benzene rings is 1. The largest absolute Gasteiger partial charge is 0.456 e. The minimum atomic E-state index is 0.696. The van der Waals surface area contributed by atoms with Crippen LogP contribution in [0.1, 0.15) is 27.2 Å². The molecule has 3 heteroatoms. The van der Waals surface area contributed by atoms with Crippen molar-refractivity contribution in [3.8, 4) is 11.5 Å². The molecule has 0 fully saturated rings. The van der Waals surface area contributed by atoms with Gasteiger partial charge in [0.1, 0.15) is 11.5 Å². The van der Waals surface area contributed by atoms with Crippen molar-refractivity contribution in [2.45, 2.75) is 19.3 Å². The fourth-order valence-corrected chi connectivity index (χ4v) is 2.81. The summed E-state index contributed by atoms with van der Waals surface area (Å²) in [6.07, 6.45) is 4.42. The summed E-state index contributed by atoms with van der Waals surface area (Å²) in [5, 5.41) is 1.86. The van der Waals surface area contributed by atoms with Crippen molar-refractivity contribution in [2.24, 2.45) is 0 Å². The van der Waals surface area contributed by atoms with Crippen LogP contribution in [0.25, 0.3) is 0 Å². The second kappa shape index (κ2) is 4.34. The molecule has 3 rings (SSSR count). The van der Waals surface area contributed by atoms with E-state index in [-0.39, 0.29) is 0 Å². The molecule has 0 spiro atoms. The van der Waals surface area contributed by atoms with E-state index in [4.69, 9.17) is 4.74 Å². The number of carbonyl (C=O) groups excluding carboxylic acids is 1. The van der Waals surface area contributed by atoms with Gasteiger partial charge < -0.3 is 4.74 Å². The van der Waals surface area contributed by atoms with Crippen LogP contribution in [0.15, 0.2) is 29.6 Å². The highest BCUT2D eigenvalue weighted by molar-refractivity contribution is 7.11. The predicted octanol–water partition coefficient (Wildman–Crippen LogP) is 3.84. The molecule has 0 aliphatic heterocycles. The average molecular weight is 244 g/mol. The van der Waals surface area contributed by atoms with Gasteiger partial charge in [-0.15, -0.1) is 11.3 Å². The Balaban J connectivity index is 1.83. The maximum absolute atomic E-state index is 10.6. The summed E-state index contributed by atoms with van der Waals surface area (Å²) in [6.45, 7) is 0. The Morgan fingerprint density at radius 2 is 2.00 bits per heavy atom. The Labute approximate surface area is 104 Å². The van der Waals surface area contributed by atoms with Crippen LogP contribution in [0.3, 0.4) is 0 Å². The van der Waals surface area contributed by atoms with E-state index in [0.29, 0.717) is 4.88 Å². The van der Waals surface area contributed by atoms with Gasteiger partial charge in [0.2, 0.25) is 0 Å². The maximum Gasteiger partial charge on any atom is 0.160 e. The van der Waals surface area contributed by atoms with Crippen molar-refractivity contribution in [1.29, 1.82) is 0 Å². The predicted molar refractivity (Wildman–Crippen MR) is 68.2 cm³/mol. The van der Waals surface area contributed by atoms with Crippen molar-refractivity contribution in [3.63, 3.8) is 0 Å². The number of rotatable bonds is 3. The number of carbonyl (C=O) groups is 1. The van der Waals surface area contributed by atoms with Gasteiger partial charge in [-0.05, 0) is 42.5 Å². The van der Waals surface area contributed by atoms with Crippen LogP contribution in [-0.4, -0.2) is 6.29 Å². The molecule has 2 aromatic rings. The van der Waals surface area contributed by atoms with Crippen LogP contribution < -0.4 is 4.74 Å². The molecule has 0 amide bonds. The molecule has 1 aliphatic rings. The molecule has 17 heavy (non-hydrogen) atoms. The maximum atomic E-state index is 10.6. The average Bonchev–Trinajstić information content (AvgIpc) is 2.96. The molecule has 0 atom stereocenters. The second-order valence-electron chi connectivity index (χ2n) is 4.19. The molecule has 0 radical (unpaired) electrons. The minimum Gasteiger partial charge on any atom is -0.456 e. The monoisotopic (exact) mass is 244 g/mol. The standard InChI is InChI=1S/C14H12O2S/c15-8-14-7-13(9-17-14)16-12-5-4-10-2-1-3-11(10)6-12/h4-9H,1-3H2. The third-order valence-electron chi connectivity index (χ3n) is 3.02. The first-order valence-electron chi connectivity index (χ1n) is 5.68. The van der Waals surface area contributed by atoms with E-state index < -0.39 is 0 Å². The summed E-state index contributed by atoms with van der Waals surface area (Å²) >= 11 is 1.40. The number of hydrogen-bond donors (Lipinski definition) is 0. The zero-order valence-corrected chi connectivity index (χ0v) is 10.1. The molecule has 1 aliphatic carbocycles. The highest BCUT2D eigenvalue weighted by Crippen LogP contribution is 2.30. The lowest BCUT2D eigenvalue weighted by Crippen LogP contribution is -1.86. The lowest BCUT2D eigenvalue weighted by Gasteiger charge is -2.05. The quantitative estimate of drug-likeness (QED) is 0.767. The lowest BCUT2D eigenvalue weighted by atomic mass is 10.1. The fourth-order valence-electron chi connectivity index (χ4n) is 2.20. The van der Waals surface area contributed by atoms with Crippen LogP contribution in [0.5, 0.6) is 11.5 Å². The van der Waals surface area contributed by atoms with Crippen LogP contribution in [-0.2, 0) is 12.8 Å². The van der Waals surface area contributed by atoms with Crippen LogP contribution in [0.2, 0.25) is 0 Å². The summed E-state index contributed by atoms with van der Waals surface area (Å²) < 4.78 is 5.74. The summed E-state index contributed by atoms with van der Waals surface area (Å²) in [5.74, 6) is 1.61. The Kier molecular flexibility index (Phi) is 2.69. The molecule has 0 N–H and O–H groups in total. The lowest BCUT2D eigenvalue weighted by molar-refractivity contribution is 0.112. The van der Waals surface area contributed by atoms with Crippen LogP contribution in [0, 0.1) is 0 Å². The molecule has 86 valence electrons. The SMILES string of the molecule is O=Cc1cc(Oc2ccc3c(c2)CCC3)cs1.